The Balaban J connectivity index is 2.48. The number of benzene rings is 1. The molecular weight excluding hydrogens is 333 g/mol. The lowest BCUT2D eigenvalue weighted by atomic mass is 10.1. The fourth-order valence-electron chi connectivity index (χ4n) is 1.68. The third-order valence-corrected chi connectivity index (χ3v) is 3.61. The third kappa shape index (κ3) is 3.88. The van der Waals surface area contributed by atoms with Crippen molar-refractivity contribution in [2.45, 2.75) is 20.0 Å². The molecule has 0 fully saturated rings. The zero-order chi connectivity index (χ0) is 15.6. The Morgan fingerprint density at radius 3 is 2.33 bits per heavy atom. The van der Waals surface area contributed by atoms with Crippen molar-refractivity contribution in [3.63, 3.8) is 0 Å². The summed E-state index contributed by atoms with van der Waals surface area (Å²) in [5.74, 6) is -0.543. The molecule has 0 amide bonds. The topological polar surface area (TPSA) is 39.2 Å². The number of hydrogen-bond acceptors (Lipinski definition) is 3. The first-order valence-corrected chi connectivity index (χ1v) is 7.35. The molecule has 0 saturated carbocycles. The van der Waals surface area contributed by atoms with E-state index in [1.54, 1.807) is 38.1 Å². The SMILES string of the molecule is CC(C)OC(=O)c1cc(Cl)c(Cl)c(-c2ccc(Cl)cc2)n1. The van der Waals surface area contributed by atoms with E-state index in [0.29, 0.717) is 16.3 Å². The zero-order valence-corrected chi connectivity index (χ0v) is 13.6. The van der Waals surface area contributed by atoms with E-state index in [0.717, 1.165) is 0 Å². The van der Waals surface area contributed by atoms with Crippen molar-refractivity contribution in [1.29, 1.82) is 0 Å². The fourth-order valence-corrected chi connectivity index (χ4v) is 2.20. The molecule has 0 aliphatic carbocycles. The number of nitrogens with zero attached hydrogens (tertiary/aromatic N) is 1. The Hall–Kier alpha value is -1.29. The molecule has 0 spiro atoms. The molecule has 2 aromatic rings. The van der Waals surface area contributed by atoms with Crippen LogP contribution in [-0.2, 0) is 4.74 Å². The fraction of sp³-hybridized carbons (Fsp3) is 0.200. The second-order valence-electron chi connectivity index (χ2n) is 4.61. The lowest BCUT2D eigenvalue weighted by Crippen LogP contribution is -2.13. The van der Waals surface area contributed by atoms with Crippen molar-refractivity contribution in [2.75, 3.05) is 0 Å². The predicted octanol–water partition coefficient (Wildman–Crippen LogP) is 5.27. The van der Waals surface area contributed by atoms with Gasteiger partial charge in [-0.2, -0.15) is 0 Å². The van der Waals surface area contributed by atoms with Gasteiger partial charge in [-0.25, -0.2) is 9.78 Å². The van der Waals surface area contributed by atoms with Gasteiger partial charge in [0.05, 0.1) is 21.8 Å². The van der Waals surface area contributed by atoms with Gasteiger partial charge in [-0.05, 0) is 32.0 Å². The number of ether oxygens (including phenoxy) is 1. The Labute approximate surface area is 137 Å². The quantitative estimate of drug-likeness (QED) is 0.712. The average molecular weight is 345 g/mol. The summed E-state index contributed by atoms with van der Waals surface area (Å²) < 4.78 is 5.12. The monoisotopic (exact) mass is 343 g/mol. The number of carbonyl (C=O) groups excluding carboxylic acids is 1. The molecular formula is C15H12Cl3NO2. The molecule has 110 valence electrons. The van der Waals surface area contributed by atoms with Crippen LogP contribution in [0.5, 0.6) is 0 Å². The molecule has 0 unspecified atom stereocenters. The van der Waals surface area contributed by atoms with Crippen molar-refractivity contribution in [2.24, 2.45) is 0 Å². The third-order valence-electron chi connectivity index (χ3n) is 2.58. The first-order chi connectivity index (χ1) is 9.88. The van der Waals surface area contributed by atoms with Gasteiger partial charge < -0.3 is 4.74 Å². The highest BCUT2D eigenvalue weighted by atomic mass is 35.5. The van der Waals surface area contributed by atoms with E-state index in [4.69, 9.17) is 39.5 Å². The van der Waals surface area contributed by atoms with Gasteiger partial charge in [0.25, 0.3) is 0 Å². The van der Waals surface area contributed by atoms with Gasteiger partial charge in [-0.1, -0.05) is 46.9 Å². The van der Waals surface area contributed by atoms with Crippen LogP contribution in [0.25, 0.3) is 11.3 Å². The van der Waals surface area contributed by atoms with Gasteiger partial charge in [0, 0.05) is 10.6 Å². The van der Waals surface area contributed by atoms with Crippen LogP contribution in [0.4, 0.5) is 0 Å². The van der Waals surface area contributed by atoms with Crippen molar-refractivity contribution in [3.05, 3.63) is 51.1 Å². The lowest BCUT2D eigenvalue weighted by Gasteiger charge is -2.11. The zero-order valence-electron chi connectivity index (χ0n) is 11.4. The normalized spacial score (nSPS) is 10.8. The van der Waals surface area contributed by atoms with E-state index in [1.165, 1.54) is 6.07 Å². The number of aromatic nitrogens is 1. The minimum Gasteiger partial charge on any atom is -0.458 e. The number of hydrogen-bond donors (Lipinski definition) is 0. The van der Waals surface area contributed by atoms with Gasteiger partial charge in [0.2, 0.25) is 0 Å². The maximum Gasteiger partial charge on any atom is 0.357 e. The molecule has 1 aromatic heterocycles. The van der Waals surface area contributed by atoms with E-state index < -0.39 is 5.97 Å². The summed E-state index contributed by atoms with van der Waals surface area (Å²) in [5.41, 5.74) is 1.24. The molecule has 0 radical (unpaired) electrons. The van der Waals surface area contributed by atoms with Crippen molar-refractivity contribution >= 4 is 40.8 Å². The molecule has 0 aliphatic rings. The molecule has 21 heavy (non-hydrogen) atoms. The number of rotatable bonds is 3. The van der Waals surface area contributed by atoms with E-state index >= 15 is 0 Å². The summed E-state index contributed by atoms with van der Waals surface area (Å²) >= 11 is 18.1. The minimum absolute atomic E-state index is 0.114. The molecule has 0 saturated heterocycles. The molecule has 0 bridgehead atoms. The molecule has 6 heteroatoms. The molecule has 1 heterocycles. The Bertz CT molecular complexity index is 669. The molecule has 1 aromatic carbocycles. The molecule has 3 nitrogen and oxygen atoms in total. The highest BCUT2D eigenvalue weighted by Crippen LogP contribution is 2.33. The molecule has 0 N–H and O–H groups in total. The second-order valence-corrected chi connectivity index (χ2v) is 5.83. The largest absolute Gasteiger partial charge is 0.458 e. The average Bonchev–Trinajstić information content (AvgIpc) is 2.42. The highest BCUT2D eigenvalue weighted by molar-refractivity contribution is 6.43. The predicted molar refractivity (Wildman–Crippen MR) is 85.3 cm³/mol. The van der Waals surface area contributed by atoms with E-state index in [1.807, 2.05) is 0 Å². The van der Waals surface area contributed by atoms with E-state index in [9.17, 15) is 4.79 Å². The maximum atomic E-state index is 11.9. The van der Waals surface area contributed by atoms with Crippen LogP contribution >= 0.6 is 34.8 Å². The molecule has 0 atom stereocenters. The standard InChI is InChI=1S/C15H12Cl3NO2/c1-8(2)21-15(20)12-7-11(17)13(18)14(19-12)9-3-5-10(16)6-4-9/h3-8H,1-2H3. The summed E-state index contributed by atoms with van der Waals surface area (Å²) in [5, 5.41) is 1.11. The maximum absolute atomic E-state index is 11.9. The van der Waals surface area contributed by atoms with Crippen LogP contribution in [0.15, 0.2) is 30.3 Å². The van der Waals surface area contributed by atoms with Crippen LogP contribution in [0.1, 0.15) is 24.3 Å². The van der Waals surface area contributed by atoms with Crippen molar-refractivity contribution in [1.82, 2.24) is 4.98 Å². The van der Waals surface area contributed by atoms with Crippen LogP contribution in [-0.4, -0.2) is 17.1 Å². The summed E-state index contributed by atoms with van der Waals surface area (Å²) in [6.07, 6.45) is -0.243. The van der Waals surface area contributed by atoms with Crippen molar-refractivity contribution in [3.8, 4) is 11.3 Å². The number of pyridine rings is 1. The van der Waals surface area contributed by atoms with Crippen molar-refractivity contribution < 1.29 is 9.53 Å². The number of halogens is 3. The smallest absolute Gasteiger partial charge is 0.357 e. The first-order valence-electron chi connectivity index (χ1n) is 6.21. The van der Waals surface area contributed by atoms with Crippen LogP contribution < -0.4 is 0 Å². The van der Waals surface area contributed by atoms with Crippen LogP contribution in [0, 0.1) is 0 Å². The Morgan fingerprint density at radius 1 is 1.14 bits per heavy atom. The van der Waals surface area contributed by atoms with Crippen LogP contribution in [0.2, 0.25) is 15.1 Å². The first kappa shape index (κ1) is 16.1. The highest BCUT2D eigenvalue weighted by Gasteiger charge is 2.17. The Kier molecular flexibility index (Phi) is 5.09. The lowest BCUT2D eigenvalue weighted by molar-refractivity contribution is 0.0371. The minimum atomic E-state index is -0.543. The van der Waals surface area contributed by atoms with Crippen LogP contribution in [0.3, 0.4) is 0 Å². The van der Waals surface area contributed by atoms with Gasteiger partial charge in [-0.15, -0.1) is 0 Å². The number of esters is 1. The summed E-state index contributed by atoms with van der Waals surface area (Å²) in [6.45, 7) is 3.52. The molecule has 0 aliphatic heterocycles. The summed E-state index contributed by atoms with van der Waals surface area (Å²) in [4.78, 5) is 16.2. The number of carbonyl (C=O) groups is 1. The Morgan fingerprint density at radius 2 is 1.76 bits per heavy atom. The van der Waals surface area contributed by atoms with Gasteiger partial charge >= 0.3 is 5.97 Å². The van der Waals surface area contributed by atoms with E-state index in [-0.39, 0.29) is 21.8 Å². The second kappa shape index (κ2) is 6.65. The van der Waals surface area contributed by atoms with Gasteiger partial charge in [0.15, 0.2) is 5.69 Å². The van der Waals surface area contributed by atoms with Gasteiger partial charge in [0.1, 0.15) is 0 Å². The summed E-state index contributed by atoms with van der Waals surface area (Å²) in [6, 6.07) is 8.33. The van der Waals surface area contributed by atoms with Gasteiger partial charge in [-0.3, -0.25) is 0 Å². The summed E-state index contributed by atoms with van der Waals surface area (Å²) in [7, 11) is 0. The molecule has 2 rings (SSSR count). The van der Waals surface area contributed by atoms with E-state index in [2.05, 4.69) is 4.98 Å².